The van der Waals surface area contributed by atoms with Gasteiger partial charge in [0.15, 0.2) is 0 Å². The lowest BCUT2D eigenvalue weighted by atomic mass is 9.72. The van der Waals surface area contributed by atoms with Gasteiger partial charge in [-0.3, -0.25) is 0 Å². The van der Waals surface area contributed by atoms with Crippen LogP contribution in [0.2, 0.25) is 0 Å². The summed E-state index contributed by atoms with van der Waals surface area (Å²) >= 11 is 0. The van der Waals surface area contributed by atoms with Gasteiger partial charge in [0.2, 0.25) is 0 Å². The van der Waals surface area contributed by atoms with Gasteiger partial charge in [-0.25, -0.2) is 0 Å². The fourth-order valence-electron chi connectivity index (χ4n) is 1.71. The van der Waals surface area contributed by atoms with Gasteiger partial charge in [-0.1, -0.05) is 64.5 Å². The lowest BCUT2D eigenvalue weighted by Crippen LogP contribution is -2.22. The highest BCUT2D eigenvalue weighted by molar-refractivity contribution is 5.30. The zero-order valence-electron chi connectivity index (χ0n) is 11.2. The molecule has 0 nitrogen and oxygen atoms in total. The Balaban J connectivity index is 4.90. The molecule has 0 saturated heterocycles. The predicted octanol–water partition coefficient (Wildman–Crippen LogP) is 5.14. The molecule has 0 aliphatic carbocycles. The standard InChI is InChI=1S/C15H26/c1-8-13(5)15(6,7)14(9-2)11-10-12(3)4/h9-11,13H,3,8H2,1-2,4-7H3/b11-10-,14-9+. The molecule has 86 valence electrons. The Hall–Kier alpha value is -0.780. The Morgan fingerprint density at radius 2 is 1.87 bits per heavy atom. The van der Waals surface area contributed by atoms with Crippen LogP contribution in [0.5, 0.6) is 0 Å². The third-order valence-electron chi connectivity index (χ3n) is 3.45. The van der Waals surface area contributed by atoms with E-state index in [1.807, 2.05) is 6.92 Å². The molecule has 1 atom stereocenters. The van der Waals surface area contributed by atoms with Gasteiger partial charge in [0.25, 0.3) is 0 Å². The largest absolute Gasteiger partial charge is 0.0961 e. The van der Waals surface area contributed by atoms with E-state index in [-0.39, 0.29) is 5.41 Å². The van der Waals surface area contributed by atoms with Crippen LogP contribution in [0.3, 0.4) is 0 Å². The second-order valence-electron chi connectivity index (χ2n) is 4.95. The number of allylic oxidation sites excluding steroid dienone is 5. The highest BCUT2D eigenvalue weighted by Crippen LogP contribution is 2.37. The molecular formula is C15H26. The van der Waals surface area contributed by atoms with E-state index < -0.39 is 0 Å². The zero-order chi connectivity index (χ0) is 12.1. The van der Waals surface area contributed by atoms with E-state index in [2.05, 4.69) is 59.4 Å². The van der Waals surface area contributed by atoms with Crippen molar-refractivity contribution in [2.24, 2.45) is 11.3 Å². The third kappa shape index (κ3) is 4.07. The molecule has 0 aliphatic heterocycles. The Kier molecular flexibility index (Phi) is 5.64. The third-order valence-corrected chi connectivity index (χ3v) is 3.45. The van der Waals surface area contributed by atoms with Crippen molar-refractivity contribution < 1.29 is 0 Å². The Morgan fingerprint density at radius 1 is 1.33 bits per heavy atom. The summed E-state index contributed by atoms with van der Waals surface area (Å²) in [6.07, 6.45) is 7.73. The lowest BCUT2D eigenvalue weighted by Gasteiger charge is -2.32. The van der Waals surface area contributed by atoms with E-state index in [0.717, 1.165) is 5.57 Å². The number of rotatable bonds is 5. The maximum absolute atomic E-state index is 3.89. The molecule has 0 aliphatic rings. The molecule has 0 radical (unpaired) electrons. The van der Waals surface area contributed by atoms with E-state index in [4.69, 9.17) is 0 Å². The molecule has 0 amide bonds. The highest BCUT2D eigenvalue weighted by atomic mass is 14.3. The summed E-state index contributed by atoms with van der Waals surface area (Å²) in [4.78, 5) is 0. The van der Waals surface area contributed by atoms with Gasteiger partial charge in [0.1, 0.15) is 0 Å². The summed E-state index contributed by atoms with van der Waals surface area (Å²) in [5, 5.41) is 0. The van der Waals surface area contributed by atoms with Crippen molar-refractivity contribution in [2.45, 2.75) is 48.0 Å². The monoisotopic (exact) mass is 206 g/mol. The van der Waals surface area contributed by atoms with Gasteiger partial charge in [-0.2, -0.15) is 0 Å². The Labute approximate surface area is 95.8 Å². The summed E-state index contributed by atoms with van der Waals surface area (Å²) in [6.45, 7) is 17.2. The van der Waals surface area contributed by atoms with Crippen molar-refractivity contribution in [2.75, 3.05) is 0 Å². The number of hydrogen-bond donors (Lipinski definition) is 0. The molecule has 0 N–H and O–H groups in total. The van der Waals surface area contributed by atoms with Gasteiger partial charge in [0, 0.05) is 0 Å². The van der Waals surface area contributed by atoms with Crippen molar-refractivity contribution >= 4 is 0 Å². The molecule has 0 aromatic rings. The summed E-state index contributed by atoms with van der Waals surface area (Å²) in [7, 11) is 0. The average Bonchev–Trinajstić information content (AvgIpc) is 2.16. The van der Waals surface area contributed by atoms with E-state index in [9.17, 15) is 0 Å². The first-order chi connectivity index (χ1) is 6.86. The second kappa shape index (κ2) is 5.95. The SMILES string of the molecule is C=C(C)/C=C\C(=C/C)C(C)(C)C(C)CC. The van der Waals surface area contributed by atoms with Gasteiger partial charge in [-0.15, -0.1) is 0 Å². The molecule has 0 aromatic carbocycles. The van der Waals surface area contributed by atoms with Gasteiger partial charge < -0.3 is 0 Å². The first-order valence-corrected chi connectivity index (χ1v) is 5.86. The van der Waals surface area contributed by atoms with Crippen LogP contribution in [-0.4, -0.2) is 0 Å². The normalized spacial score (nSPS) is 15.7. The Bertz CT molecular complexity index is 264. The van der Waals surface area contributed by atoms with Crippen LogP contribution in [0, 0.1) is 11.3 Å². The van der Waals surface area contributed by atoms with E-state index in [1.54, 1.807) is 0 Å². The van der Waals surface area contributed by atoms with E-state index in [0.29, 0.717) is 5.92 Å². The quantitative estimate of drug-likeness (QED) is 0.546. The molecule has 0 fully saturated rings. The molecule has 0 rings (SSSR count). The second-order valence-corrected chi connectivity index (χ2v) is 4.95. The van der Waals surface area contributed by atoms with Crippen LogP contribution in [0.25, 0.3) is 0 Å². The van der Waals surface area contributed by atoms with Crippen LogP contribution in [0.1, 0.15) is 48.0 Å². The van der Waals surface area contributed by atoms with Crippen LogP contribution in [0.15, 0.2) is 36.0 Å². The maximum atomic E-state index is 3.89. The van der Waals surface area contributed by atoms with E-state index in [1.165, 1.54) is 12.0 Å². The highest BCUT2D eigenvalue weighted by Gasteiger charge is 2.26. The van der Waals surface area contributed by atoms with Crippen molar-refractivity contribution in [3.8, 4) is 0 Å². The Morgan fingerprint density at radius 3 is 2.20 bits per heavy atom. The maximum Gasteiger partial charge on any atom is -0.00813 e. The smallest absolute Gasteiger partial charge is 0.00813 e. The van der Waals surface area contributed by atoms with Crippen LogP contribution in [0.4, 0.5) is 0 Å². The molecule has 15 heavy (non-hydrogen) atoms. The molecule has 0 spiro atoms. The van der Waals surface area contributed by atoms with Crippen LogP contribution >= 0.6 is 0 Å². The molecule has 0 heterocycles. The minimum Gasteiger partial charge on any atom is -0.0961 e. The molecule has 0 bridgehead atoms. The summed E-state index contributed by atoms with van der Waals surface area (Å²) in [5.41, 5.74) is 2.75. The van der Waals surface area contributed by atoms with Crippen molar-refractivity contribution in [1.29, 1.82) is 0 Å². The number of hydrogen-bond acceptors (Lipinski definition) is 0. The lowest BCUT2D eigenvalue weighted by molar-refractivity contribution is 0.284. The fraction of sp³-hybridized carbons (Fsp3) is 0.600. The molecule has 0 aromatic heterocycles. The minimum absolute atomic E-state index is 0.245. The molecular weight excluding hydrogens is 180 g/mol. The summed E-state index contributed by atoms with van der Waals surface area (Å²) in [5.74, 6) is 0.693. The zero-order valence-corrected chi connectivity index (χ0v) is 11.2. The van der Waals surface area contributed by atoms with Crippen molar-refractivity contribution in [3.63, 3.8) is 0 Å². The predicted molar refractivity (Wildman–Crippen MR) is 70.9 cm³/mol. The average molecular weight is 206 g/mol. The van der Waals surface area contributed by atoms with E-state index >= 15 is 0 Å². The molecule has 0 heteroatoms. The first-order valence-electron chi connectivity index (χ1n) is 5.86. The summed E-state index contributed by atoms with van der Waals surface area (Å²) in [6, 6.07) is 0. The van der Waals surface area contributed by atoms with Gasteiger partial charge in [0.05, 0.1) is 0 Å². The van der Waals surface area contributed by atoms with Crippen molar-refractivity contribution in [1.82, 2.24) is 0 Å². The summed E-state index contributed by atoms with van der Waals surface area (Å²) < 4.78 is 0. The fourth-order valence-corrected chi connectivity index (χ4v) is 1.71. The molecule has 0 saturated carbocycles. The van der Waals surface area contributed by atoms with Crippen molar-refractivity contribution in [3.05, 3.63) is 36.0 Å². The topological polar surface area (TPSA) is 0 Å². The van der Waals surface area contributed by atoms with Crippen LogP contribution in [-0.2, 0) is 0 Å². The van der Waals surface area contributed by atoms with Crippen LogP contribution < -0.4 is 0 Å². The first kappa shape index (κ1) is 14.2. The van der Waals surface area contributed by atoms with Gasteiger partial charge in [-0.05, 0) is 30.8 Å². The van der Waals surface area contributed by atoms with Gasteiger partial charge >= 0.3 is 0 Å². The molecule has 1 unspecified atom stereocenters. The minimum atomic E-state index is 0.245.